The zero-order chi connectivity index (χ0) is 18.5. The maximum Gasteiger partial charge on any atom is 0.322 e. The van der Waals surface area contributed by atoms with Gasteiger partial charge in [-0.15, -0.1) is 0 Å². The first-order chi connectivity index (χ1) is 11.3. The molecule has 24 heavy (non-hydrogen) atoms. The van der Waals surface area contributed by atoms with E-state index in [1.165, 1.54) is 0 Å². The number of thiol groups is 1. The van der Waals surface area contributed by atoms with Crippen LogP contribution in [0.5, 0.6) is 0 Å². The van der Waals surface area contributed by atoms with Crippen LogP contribution in [0.3, 0.4) is 0 Å². The Balaban J connectivity index is 4.50. The number of nitrogens with one attached hydrogen (secondary N) is 3. The third-order valence-corrected chi connectivity index (χ3v) is 3.36. The van der Waals surface area contributed by atoms with Crippen molar-refractivity contribution in [1.29, 1.82) is 0 Å². The van der Waals surface area contributed by atoms with E-state index in [0.29, 0.717) is 25.8 Å². The predicted molar refractivity (Wildman–Crippen MR) is 90.3 cm³/mol. The van der Waals surface area contributed by atoms with Crippen molar-refractivity contribution in [2.45, 2.75) is 31.3 Å². The van der Waals surface area contributed by atoms with Crippen molar-refractivity contribution in [1.82, 2.24) is 16.0 Å². The topological polar surface area (TPSA) is 177 Å². The maximum atomic E-state index is 11.9. The Bertz CT molecular complexity index is 448. The van der Waals surface area contributed by atoms with Crippen molar-refractivity contribution >= 4 is 36.3 Å². The van der Waals surface area contributed by atoms with E-state index in [-0.39, 0.29) is 12.3 Å². The Hall–Kier alpha value is -1.85. The van der Waals surface area contributed by atoms with E-state index in [1.807, 2.05) is 0 Å². The Labute approximate surface area is 145 Å². The van der Waals surface area contributed by atoms with E-state index < -0.39 is 42.3 Å². The van der Waals surface area contributed by atoms with Crippen LogP contribution in [0.2, 0.25) is 0 Å². The molecule has 0 aliphatic heterocycles. The van der Waals surface area contributed by atoms with E-state index in [0.717, 1.165) is 0 Å². The van der Waals surface area contributed by atoms with Crippen molar-refractivity contribution in [2.24, 2.45) is 11.5 Å². The summed E-state index contributed by atoms with van der Waals surface area (Å²) in [4.78, 5) is 45.7. The van der Waals surface area contributed by atoms with Gasteiger partial charge in [0.25, 0.3) is 0 Å². The summed E-state index contributed by atoms with van der Waals surface area (Å²) in [6, 6.07) is -1.74. The number of hydrogen-bond donors (Lipinski definition) is 7. The largest absolute Gasteiger partial charge is 0.480 e. The minimum atomic E-state index is -1.19. The zero-order valence-corrected chi connectivity index (χ0v) is 14.2. The lowest BCUT2D eigenvalue weighted by Gasteiger charge is -2.18. The molecule has 0 saturated heterocycles. The SMILES string of the molecule is NCCCCC(NC(=O)CNC(=O)C(N)CS)C(=O)NCC(=O)O. The fourth-order valence-electron chi connectivity index (χ4n) is 1.67. The van der Waals surface area contributed by atoms with Gasteiger partial charge in [0.2, 0.25) is 17.7 Å². The van der Waals surface area contributed by atoms with Crippen molar-refractivity contribution < 1.29 is 24.3 Å². The molecule has 0 aromatic rings. The summed E-state index contributed by atoms with van der Waals surface area (Å²) >= 11 is 3.87. The van der Waals surface area contributed by atoms with Gasteiger partial charge in [0.15, 0.2) is 0 Å². The molecule has 2 unspecified atom stereocenters. The number of unbranched alkanes of at least 4 members (excludes halogenated alkanes) is 1. The Morgan fingerprint density at radius 3 is 2.21 bits per heavy atom. The quantitative estimate of drug-likeness (QED) is 0.144. The van der Waals surface area contributed by atoms with Gasteiger partial charge in [0.1, 0.15) is 12.6 Å². The number of aliphatic carboxylic acids is 1. The lowest BCUT2D eigenvalue weighted by Crippen LogP contribution is -2.51. The lowest BCUT2D eigenvalue weighted by atomic mass is 10.1. The summed E-state index contributed by atoms with van der Waals surface area (Å²) in [5.41, 5.74) is 10.8. The lowest BCUT2D eigenvalue weighted by molar-refractivity contribution is -0.138. The molecule has 0 heterocycles. The van der Waals surface area contributed by atoms with Crippen LogP contribution in [0.15, 0.2) is 0 Å². The van der Waals surface area contributed by atoms with Crippen molar-refractivity contribution in [3.05, 3.63) is 0 Å². The van der Waals surface area contributed by atoms with Gasteiger partial charge in [-0.2, -0.15) is 12.6 Å². The van der Waals surface area contributed by atoms with Gasteiger partial charge in [-0.3, -0.25) is 19.2 Å². The number of carboxylic acid groups (broad SMARTS) is 1. The average Bonchev–Trinajstić information content (AvgIpc) is 2.55. The molecule has 11 heteroatoms. The molecule has 138 valence electrons. The monoisotopic (exact) mass is 363 g/mol. The molecule has 0 rings (SSSR count). The van der Waals surface area contributed by atoms with Crippen LogP contribution in [-0.2, 0) is 19.2 Å². The first-order valence-electron chi connectivity index (χ1n) is 7.44. The van der Waals surface area contributed by atoms with Gasteiger partial charge in [-0.25, -0.2) is 0 Å². The second-order valence-electron chi connectivity index (χ2n) is 5.02. The summed E-state index contributed by atoms with van der Waals surface area (Å²) in [6.07, 6.45) is 1.55. The van der Waals surface area contributed by atoms with Crippen LogP contribution < -0.4 is 27.4 Å². The number of carboxylic acids is 1. The number of carbonyl (C=O) groups excluding carboxylic acids is 3. The molecule has 0 aliphatic rings. The van der Waals surface area contributed by atoms with Crippen LogP contribution >= 0.6 is 12.6 Å². The maximum absolute atomic E-state index is 11.9. The molecule has 0 spiro atoms. The molecule has 3 amide bonds. The Kier molecular flexibility index (Phi) is 11.6. The van der Waals surface area contributed by atoms with Gasteiger partial charge < -0.3 is 32.5 Å². The zero-order valence-electron chi connectivity index (χ0n) is 13.3. The Morgan fingerprint density at radius 2 is 1.67 bits per heavy atom. The summed E-state index contributed by atoms with van der Waals surface area (Å²) in [6.45, 7) is -0.454. The van der Waals surface area contributed by atoms with Crippen LogP contribution in [0.1, 0.15) is 19.3 Å². The highest BCUT2D eigenvalue weighted by molar-refractivity contribution is 7.80. The molecule has 2 atom stereocenters. The third-order valence-electron chi connectivity index (χ3n) is 2.97. The molecular formula is C13H25N5O5S. The second-order valence-corrected chi connectivity index (χ2v) is 5.39. The second kappa shape index (κ2) is 12.6. The molecule has 0 aliphatic carbocycles. The predicted octanol–water partition coefficient (Wildman–Crippen LogP) is -2.83. The van der Waals surface area contributed by atoms with Crippen molar-refractivity contribution in [3.63, 3.8) is 0 Å². The molecule has 8 N–H and O–H groups in total. The highest BCUT2D eigenvalue weighted by atomic mass is 32.1. The van der Waals surface area contributed by atoms with Gasteiger partial charge in [-0.1, -0.05) is 0 Å². The number of amides is 3. The highest BCUT2D eigenvalue weighted by Crippen LogP contribution is 2.01. The van der Waals surface area contributed by atoms with Crippen LogP contribution in [0.4, 0.5) is 0 Å². The first kappa shape index (κ1) is 22.1. The standard InChI is InChI=1S/C13H25N5O5S/c14-4-2-1-3-9(13(23)17-6-11(20)21)18-10(19)5-16-12(22)8(15)7-24/h8-9,24H,1-7,14-15H2,(H,16,22)(H,17,23)(H,18,19)(H,20,21). The summed E-state index contributed by atoms with van der Waals surface area (Å²) in [5, 5.41) is 15.6. The molecule has 10 nitrogen and oxygen atoms in total. The molecule has 0 aromatic carbocycles. The first-order valence-corrected chi connectivity index (χ1v) is 8.08. The van der Waals surface area contributed by atoms with E-state index in [2.05, 4.69) is 28.6 Å². The molecule has 0 bridgehead atoms. The normalized spacial score (nSPS) is 12.8. The number of nitrogens with two attached hydrogens (primary N) is 2. The third kappa shape index (κ3) is 10.0. The molecular weight excluding hydrogens is 338 g/mol. The fraction of sp³-hybridized carbons (Fsp3) is 0.692. The summed E-state index contributed by atoms with van der Waals surface area (Å²) < 4.78 is 0. The minimum Gasteiger partial charge on any atom is -0.480 e. The van der Waals surface area contributed by atoms with E-state index >= 15 is 0 Å². The van der Waals surface area contributed by atoms with Crippen LogP contribution in [0, 0.1) is 0 Å². The number of hydrogen-bond acceptors (Lipinski definition) is 7. The van der Waals surface area contributed by atoms with E-state index in [4.69, 9.17) is 16.6 Å². The van der Waals surface area contributed by atoms with Crippen LogP contribution in [-0.4, -0.2) is 66.3 Å². The van der Waals surface area contributed by atoms with E-state index in [1.54, 1.807) is 0 Å². The molecule has 0 fully saturated rings. The molecule has 0 radical (unpaired) electrons. The van der Waals surface area contributed by atoms with Gasteiger partial charge in [0.05, 0.1) is 12.6 Å². The minimum absolute atomic E-state index is 0.132. The molecule has 0 saturated carbocycles. The van der Waals surface area contributed by atoms with Crippen LogP contribution in [0.25, 0.3) is 0 Å². The van der Waals surface area contributed by atoms with Gasteiger partial charge >= 0.3 is 5.97 Å². The summed E-state index contributed by atoms with van der Waals surface area (Å²) in [7, 11) is 0. The molecule has 0 aromatic heterocycles. The average molecular weight is 363 g/mol. The van der Waals surface area contributed by atoms with Gasteiger partial charge in [-0.05, 0) is 25.8 Å². The fourth-order valence-corrected chi connectivity index (χ4v) is 1.84. The van der Waals surface area contributed by atoms with E-state index in [9.17, 15) is 19.2 Å². The number of carbonyl (C=O) groups is 4. The summed E-state index contributed by atoms with van der Waals surface area (Å²) in [5.74, 6) is -2.79. The number of rotatable bonds is 12. The Morgan fingerprint density at radius 1 is 1.04 bits per heavy atom. The van der Waals surface area contributed by atoms with Crippen molar-refractivity contribution in [3.8, 4) is 0 Å². The van der Waals surface area contributed by atoms with Crippen molar-refractivity contribution in [2.75, 3.05) is 25.4 Å². The highest BCUT2D eigenvalue weighted by Gasteiger charge is 2.21. The smallest absolute Gasteiger partial charge is 0.322 e. The van der Waals surface area contributed by atoms with Gasteiger partial charge in [0, 0.05) is 5.75 Å².